The molecule has 1 fully saturated rings. The molecule has 0 radical (unpaired) electrons. The molecule has 9 heteroatoms. The van der Waals surface area contributed by atoms with Gasteiger partial charge in [-0.3, -0.25) is 4.79 Å². The van der Waals surface area contributed by atoms with Crippen molar-refractivity contribution in [3.63, 3.8) is 0 Å². The lowest BCUT2D eigenvalue weighted by Crippen LogP contribution is -2.32. The summed E-state index contributed by atoms with van der Waals surface area (Å²) in [6, 6.07) is 9.61. The van der Waals surface area contributed by atoms with Crippen molar-refractivity contribution in [3.8, 4) is 5.75 Å². The second-order valence-electron chi connectivity index (χ2n) is 6.47. The van der Waals surface area contributed by atoms with E-state index in [0.717, 1.165) is 18.7 Å². The van der Waals surface area contributed by atoms with Gasteiger partial charge in [0.2, 0.25) is 6.41 Å². The van der Waals surface area contributed by atoms with Crippen LogP contribution in [0.15, 0.2) is 47.6 Å². The molecule has 4 atom stereocenters. The monoisotopic (exact) mass is 408 g/mol. The summed E-state index contributed by atoms with van der Waals surface area (Å²) in [6.07, 6.45) is 4.50. The third-order valence-electron chi connectivity index (χ3n) is 4.13. The lowest BCUT2D eigenvalue weighted by molar-refractivity contribution is -0.106. The number of nitrogens with zero attached hydrogens (tertiary/aromatic N) is 2. The van der Waals surface area contributed by atoms with Crippen LogP contribution in [-0.4, -0.2) is 49.7 Å². The van der Waals surface area contributed by atoms with Crippen LogP contribution in [0.25, 0.3) is 0 Å². The topological polar surface area (TPSA) is 98.4 Å². The number of hydrogen-bond donors (Lipinski definition) is 2. The van der Waals surface area contributed by atoms with Crippen LogP contribution < -0.4 is 15.3 Å². The van der Waals surface area contributed by atoms with Gasteiger partial charge in [-0.05, 0) is 24.6 Å². The van der Waals surface area contributed by atoms with E-state index in [1.807, 2.05) is 49.2 Å². The molecule has 8 nitrogen and oxygen atoms in total. The molecule has 4 unspecified atom stereocenters. The smallest absolute Gasteiger partial charge is 0.318 e. The number of ether oxygens (including phenoxy) is 1. The lowest BCUT2D eigenvalue weighted by atomic mass is 10.1. The highest BCUT2D eigenvalue weighted by Crippen LogP contribution is 2.37. The van der Waals surface area contributed by atoms with Crippen LogP contribution in [0, 0.1) is 5.92 Å². The van der Waals surface area contributed by atoms with E-state index in [4.69, 9.17) is 19.5 Å². The van der Waals surface area contributed by atoms with Crippen molar-refractivity contribution < 1.29 is 18.6 Å². The molecule has 154 valence electrons. The number of aliphatic imine (C=N–C) groups is 1. The van der Waals surface area contributed by atoms with Crippen LogP contribution in [0.1, 0.15) is 20.3 Å². The Morgan fingerprint density at radius 3 is 2.89 bits per heavy atom. The van der Waals surface area contributed by atoms with Crippen LogP contribution in [0.3, 0.4) is 0 Å². The number of nitrogens with two attached hydrogens (primary N) is 1. The number of amidine groups is 1. The van der Waals surface area contributed by atoms with Crippen LogP contribution in [0.2, 0.25) is 0 Å². The fraction of sp³-hybridized carbons (Fsp3) is 0.474. The van der Waals surface area contributed by atoms with Crippen molar-refractivity contribution in [1.82, 2.24) is 9.99 Å². The highest BCUT2D eigenvalue weighted by Gasteiger charge is 2.34. The van der Waals surface area contributed by atoms with Gasteiger partial charge in [0.1, 0.15) is 17.8 Å². The minimum atomic E-state index is -1.24. The Hall–Kier alpha value is -1.99. The van der Waals surface area contributed by atoms with Crippen molar-refractivity contribution >= 4 is 20.8 Å². The van der Waals surface area contributed by atoms with Gasteiger partial charge in [0, 0.05) is 25.7 Å². The van der Waals surface area contributed by atoms with E-state index in [1.165, 1.54) is 0 Å². The average molecular weight is 408 g/mol. The van der Waals surface area contributed by atoms with Crippen molar-refractivity contribution in [1.29, 1.82) is 0 Å². The summed E-state index contributed by atoms with van der Waals surface area (Å²) in [5, 5.41) is 3.23. The summed E-state index contributed by atoms with van der Waals surface area (Å²) >= 11 is 0. The van der Waals surface area contributed by atoms with E-state index in [2.05, 4.69) is 17.0 Å². The quantitative estimate of drug-likeness (QED) is 0.251. The van der Waals surface area contributed by atoms with Gasteiger partial charge in [-0.25, -0.2) is 5.09 Å². The molecule has 1 aliphatic rings. The summed E-state index contributed by atoms with van der Waals surface area (Å²) in [5.74, 6) is 1.24. The molecule has 3 N–H and O–H groups in total. The Morgan fingerprint density at radius 2 is 2.21 bits per heavy atom. The number of para-hydroxylation sites is 1. The largest absolute Gasteiger partial charge is 0.436 e. The number of carbonyl (C=O) groups is 1. The maximum absolute atomic E-state index is 10.3. The number of hydrogen-bond acceptors (Lipinski definition) is 6. The minimum absolute atomic E-state index is 0.0279. The second-order valence-corrected chi connectivity index (χ2v) is 7.74. The Labute approximate surface area is 167 Å². The van der Waals surface area contributed by atoms with E-state index in [-0.39, 0.29) is 18.2 Å². The Kier molecular flexibility index (Phi) is 9.37. The van der Waals surface area contributed by atoms with Gasteiger partial charge in [0.25, 0.3) is 0 Å². The van der Waals surface area contributed by atoms with Crippen molar-refractivity contribution in [3.05, 3.63) is 42.6 Å². The first-order valence-electron chi connectivity index (χ1n) is 9.25. The number of nitrogens with one attached hydrogen (secondary N) is 1. The summed E-state index contributed by atoms with van der Waals surface area (Å²) < 4.78 is 18.0. The van der Waals surface area contributed by atoms with Gasteiger partial charge in [0.05, 0.1) is 12.7 Å². The predicted octanol–water partition coefficient (Wildman–Crippen LogP) is 2.63. The van der Waals surface area contributed by atoms with Gasteiger partial charge in [-0.15, -0.1) is 0 Å². The maximum Gasteiger partial charge on any atom is 0.318 e. The van der Waals surface area contributed by atoms with Crippen LogP contribution in [0.5, 0.6) is 5.75 Å². The molecule has 28 heavy (non-hydrogen) atoms. The highest BCUT2D eigenvalue weighted by molar-refractivity contribution is 7.45. The number of amides is 1. The van der Waals surface area contributed by atoms with Gasteiger partial charge in [-0.1, -0.05) is 32.0 Å². The van der Waals surface area contributed by atoms with Gasteiger partial charge in [0.15, 0.2) is 0 Å². The first-order chi connectivity index (χ1) is 13.5. The Balaban J connectivity index is 1.85. The third kappa shape index (κ3) is 7.20. The average Bonchev–Trinajstić information content (AvgIpc) is 3.06. The molecule has 1 saturated heterocycles. The summed E-state index contributed by atoms with van der Waals surface area (Å²) in [7, 11) is 0.662. The Morgan fingerprint density at radius 1 is 1.46 bits per heavy atom. The van der Waals surface area contributed by atoms with Gasteiger partial charge < -0.3 is 24.4 Å². The molecule has 0 saturated carbocycles. The molecule has 1 amide bonds. The molecule has 1 aromatic carbocycles. The standard InChI is InChI=1S/C19H29N4O4P/c1-4-22-28(27-16-8-6-5-7-9-16)25-13-17-12-15(2)19(26-17)23(3)11-10-18(20)21-14-24/h5-11,14-15,17,19,22H,4,12-13H2,1-3H3,(H2,20,21,24)/b11-10-. The molecule has 2 rings (SSSR count). The zero-order valence-corrected chi connectivity index (χ0v) is 17.4. The van der Waals surface area contributed by atoms with Crippen molar-refractivity contribution in [2.45, 2.75) is 32.6 Å². The number of carbonyl (C=O) groups excluding carboxylic acids is 1. The molecular formula is C19H29N4O4P. The summed E-state index contributed by atoms with van der Waals surface area (Å²) in [5.41, 5.74) is 5.59. The summed E-state index contributed by atoms with van der Waals surface area (Å²) in [6.45, 7) is 5.34. The fourth-order valence-electron chi connectivity index (χ4n) is 2.87. The third-order valence-corrected chi connectivity index (χ3v) is 5.47. The molecule has 1 heterocycles. The highest BCUT2D eigenvalue weighted by atomic mass is 31.2. The molecule has 1 aromatic rings. The lowest BCUT2D eigenvalue weighted by Gasteiger charge is -2.26. The zero-order chi connectivity index (χ0) is 20.4. The first-order valence-corrected chi connectivity index (χ1v) is 10.4. The number of rotatable bonds is 11. The van der Waals surface area contributed by atoms with E-state index in [1.54, 1.807) is 12.3 Å². The predicted molar refractivity (Wildman–Crippen MR) is 111 cm³/mol. The molecule has 0 bridgehead atoms. The molecule has 0 aliphatic carbocycles. The normalized spacial score (nSPS) is 23.7. The maximum atomic E-state index is 10.3. The van der Waals surface area contributed by atoms with E-state index < -0.39 is 8.53 Å². The van der Waals surface area contributed by atoms with Gasteiger partial charge >= 0.3 is 8.53 Å². The molecule has 0 aromatic heterocycles. The van der Waals surface area contributed by atoms with Crippen molar-refractivity contribution in [2.24, 2.45) is 16.6 Å². The van der Waals surface area contributed by atoms with Gasteiger partial charge in [-0.2, -0.15) is 4.99 Å². The molecular weight excluding hydrogens is 379 g/mol. The molecule has 0 spiro atoms. The van der Waals surface area contributed by atoms with E-state index in [9.17, 15) is 4.79 Å². The van der Waals surface area contributed by atoms with E-state index in [0.29, 0.717) is 18.9 Å². The zero-order valence-electron chi connectivity index (χ0n) is 16.5. The van der Waals surface area contributed by atoms with E-state index >= 15 is 0 Å². The number of benzene rings is 1. The summed E-state index contributed by atoms with van der Waals surface area (Å²) in [4.78, 5) is 15.7. The first kappa shape index (κ1) is 22.3. The van der Waals surface area contributed by atoms with Crippen LogP contribution in [-0.2, 0) is 14.1 Å². The fourth-order valence-corrected chi connectivity index (χ4v) is 3.95. The van der Waals surface area contributed by atoms with Crippen LogP contribution in [0.4, 0.5) is 0 Å². The van der Waals surface area contributed by atoms with Crippen LogP contribution >= 0.6 is 8.53 Å². The molecule has 1 aliphatic heterocycles. The SMILES string of the molecule is CCNP(OCC1CC(C)C(N(C)/C=C\C(N)=N/C=O)O1)Oc1ccccc1. The van der Waals surface area contributed by atoms with Crippen molar-refractivity contribution in [2.75, 3.05) is 20.2 Å². The Bertz CT molecular complexity index is 659. The second kappa shape index (κ2) is 11.8. The minimum Gasteiger partial charge on any atom is -0.436 e.